The van der Waals surface area contributed by atoms with E-state index in [1.807, 2.05) is 30.3 Å². The minimum atomic E-state index is -0.586. The van der Waals surface area contributed by atoms with E-state index in [-0.39, 0.29) is 12.2 Å². The van der Waals surface area contributed by atoms with E-state index in [2.05, 4.69) is 10.1 Å². The lowest BCUT2D eigenvalue weighted by molar-refractivity contribution is 0.0600. The minimum absolute atomic E-state index is 0.157. The van der Waals surface area contributed by atoms with Crippen molar-refractivity contribution in [3.8, 4) is 0 Å². The molecule has 0 bridgehead atoms. The van der Waals surface area contributed by atoms with Gasteiger partial charge < -0.3 is 14.8 Å². The van der Waals surface area contributed by atoms with E-state index >= 15 is 0 Å². The van der Waals surface area contributed by atoms with Crippen LogP contribution in [0.15, 0.2) is 54.6 Å². The van der Waals surface area contributed by atoms with E-state index in [1.165, 1.54) is 19.2 Å². The highest BCUT2D eigenvalue weighted by molar-refractivity contribution is 5.89. The molecule has 0 spiro atoms. The Morgan fingerprint density at radius 3 is 2.62 bits per heavy atom. The molecule has 0 fully saturated rings. The molecule has 1 amide bonds. The second kappa shape index (κ2) is 9.98. The maximum absolute atomic E-state index is 13.9. The average molecular weight is 357 g/mol. The van der Waals surface area contributed by atoms with Gasteiger partial charge in [0.2, 0.25) is 0 Å². The third-order valence-electron chi connectivity index (χ3n) is 3.51. The molecule has 6 heteroatoms. The third kappa shape index (κ3) is 6.05. The van der Waals surface area contributed by atoms with Crippen LogP contribution < -0.4 is 5.32 Å². The first kappa shape index (κ1) is 19.2. The molecule has 0 atom stereocenters. The summed E-state index contributed by atoms with van der Waals surface area (Å²) in [5.41, 5.74) is 1.42. The van der Waals surface area contributed by atoms with Gasteiger partial charge in [-0.25, -0.2) is 14.0 Å². The van der Waals surface area contributed by atoms with Crippen LogP contribution in [0.2, 0.25) is 0 Å². The number of halogens is 1. The van der Waals surface area contributed by atoms with Gasteiger partial charge in [-0.2, -0.15) is 0 Å². The van der Waals surface area contributed by atoms with Crippen LogP contribution in [-0.4, -0.2) is 25.7 Å². The van der Waals surface area contributed by atoms with Crippen molar-refractivity contribution in [1.29, 1.82) is 0 Å². The Labute approximate surface area is 151 Å². The molecule has 26 heavy (non-hydrogen) atoms. The number of hydrogen-bond acceptors (Lipinski definition) is 4. The molecule has 0 unspecified atom stereocenters. The van der Waals surface area contributed by atoms with E-state index < -0.39 is 17.9 Å². The molecule has 2 aromatic rings. The minimum Gasteiger partial charge on any atom is -0.465 e. The first-order valence-corrected chi connectivity index (χ1v) is 8.09. The standard InChI is InChI=1S/C20H20FNO4/c1-25-19(23)17-11-10-16(18(21)13-17)9-5-6-12-22-20(24)26-14-15-7-3-2-4-8-15/h2-5,7-11,13H,6,12,14H2,1H3,(H,22,24). The lowest BCUT2D eigenvalue weighted by Crippen LogP contribution is -2.24. The first-order chi connectivity index (χ1) is 12.6. The maximum Gasteiger partial charge on any atom is 0.407 e. The van der Waals surface area contributed by atoms with Crippen molar-refractivity contribution in [2.24, 2.45) is 0 Å². The number of carbonyl (C=O) groups excluding carboxylic acids is 2. The highest BCUT2D eigenvalue weighted by Gasteiger charge is 2.08. The summed E-state index contributed by atoms with van der Waals surface area (Å²) < 4.78 is 23.5. The van der Waals surface area contributed by atoms with Gasteiger partial charge in [0.05, 0.1) is 12.7 Å². The second-order valence-electron chi connectivity index (χ2n) is 5.41. The quantitative estimate of drug-likeness (QED) is 0.602. The second-order valence-corrected chi connectivity index (χ2v) is 5.41. The summed E-state index contributed by atoms with van der Waals surface area (Å²) in [7, 11) is 1.24. The lowest BCUT2D eigenvalue weighted by Gasteiger charge is -2.06. The molecule has 0 saturated heterocycles. The van der Waals surface area contributed by atoms with Crippen LogP contribution in [0.3, 0.4) is 0 Å². The molecule has 0 aromatic heterocycles. The Morgan fingerprint density at radius 2 is 1.92 bits per heavy atom. The van der Waals surface area contributed by atoms with E-state index in [0.717, 1.165) is 11.6 Å². The van der Waals surface area contributed by atoms with Crippen molar-refractivity contribution >= 4 is 18.1 Å². The van der Waals surface area contributed by atoms with E-state index in [9.17, 15) is 14.0 Å². The lowest BCUT2D eigenvalue weighted by atomic mass is 10.1. The molecule has 136 valence electrons. The highest BCUT2D eigenvalue weighted by Crippen LogP contribution is 2.13. The van der Waals surface area contributed by atoms with Crippen molar-refractivity contribution in [2.75, 3.05) is 13.7 Å². The molecule has 0 aliphatic carbocycles. The average Bonchev–Trinajstić information content (AvgIpc) is 2.67. The number of alkyl carbamates (subject to hydrolysis) is 1. The van der Waals surface area contributed by atoms with Gasteiger partial charge in [0, 0.05) is 12.1 Å². The fraction of sp³-hybridized carbons (Fsp3) is 0.200. The zero-order valence-corrected chi connectivity index (χ0v) is 14.4. The van der Waals surface area contributed by atoms with Gasteiger partial charge in [-0.15, -0.1) is 0 Å². The summed E-state index contributed by atoms with van der Waals surface area (Å²) in [5.74, 6) is -1.10. The van der Waals surface area contributed by atoms with Gasteiger partial charge in [-0.05, 0) is 24.1 Å². The van der Waals surface area contributed by atoms with Crippen LogP contribution in [0.25, 0.3) is 6.08 Å². The smallest absolute Gasteiger partial charge is 0.407 e. The molecular weight excluding hydrogens is 337 g/mol. The van der Waals surface area contributed by atoms with Crippen molar-refractivity contribution in [1.82, 2.24) is 5.32 Å². The van der Waals surface area contributed by atoms with Crippen molar-refractivity contribution in [2.45, 2.75) is 13.0 Å². The molecule has 1 N–H and O–H groups in total. The number of rotatable bonds is 7. The predicted molar refractivity (Wildman–Crippen MR) is 96.0 cm³/mol. The molecule has 0 aliphatic rings. The fourth-order valence-corrected chi connectivity index (χ4v) is 2.15. The Balaban J connectivity index is 1.72. The number of amides is 1. The van der Waals surface area contributed by atoms with E-state index in [4.69, 9.17) is 4.74 Å². The Hall–Kier alpha value is -3.15. The number of hydrogen-bond donors (Lipinski definition) is 1. The van der Waals surface area contributed by atoms with Crippen molar-refractivity contribution < 1.29 is 23.5 Å². The zero-order valence-electron chi connectivity index (χ0n) is 14.4. The van der Waals surface area contributed by atoms with Gasteiger partial charge in [0.1, 0.15) is 12.4 Å². The van der Waals surface area contributed by atoms with E-state index in [1.54, 1.807) is 12.2 Å². The fourth-order valence-electron chi connectivity index (χ4n) is 2.15. The van der Waals surface area contributed by atoms with Crippen LogP contribution in [0.1, 0.15) is 27.9 Å². The molecule has 0 radical (unpaired) electrons. The maximum atomic E-state index is 13.9. The summed E-state index contributed by atoms with van der Waals surface area (Å²) in [6.07, 6.45) is 3.33. The molecule has 5 nitrogen and oxygen atoms in total. The van der Waals surface area contributed by atoms with Crippen LogP contribution in [0.5, 0.6) is 0 Å². The summed E-state index contributed by atoms with van der Waals surface area (Å²) in [5, 5.41) is 2.62. The first-order valence-electron chi connectivity index (χ1n) is 8.09. The molecule has 2 rings (SSSR count). The third-order valence-corrected chi connectivity index (χ3v) is 3.51. The number of benzene rings is 2. The van der Waals surface area contributed by atoms with Crippen LogP contribution >= 0.6 is 0 Å². The van der Waals surface area contributed by atoms with Crippen LogP contribution in [0, 0.1) is 5.82 Å². The normalized spacial score (nSPS) is 10.5. The molecular formula is C20H20FNO4. The van der Waals surface area contributed by atoms with Crippen LogP contribution in [-0.2, 0) is 16.1 Å². The number of nitrogens with one attached hydrogen (secondary N) is 1. The highest BCUT2D eigenvalue weighted by atomic mass is 19.1. The largest absolute Gasteiger partial charge is 0.465 e. The van der Waals surface area contributed by atoms with Crippen LogP contribution in [0.4, 0.5) is 9.18 Å². The zero-order chi connectivity index (χ0) is 18.8. The van der Waals surface area contributed by atoms with Crippen molar-refractivity contribution in [3.63, 3.8) is 0 Å². The van der Waals surface area contributed by atoms with Gasteiger partial charge >= 0.3 is 12.1 Å². The Bertz CT molecular complexity index is 775. The topological polar surface area (TPSA) is 64.6 Å². The number of esters is 1. The number of methoxy groups -OCH3 is 1. The molecule has 0 heterocycles. The molecule has 0 aliphatic heterocycles. The molecule has 0 saturated carbocycles. The summed E-state index contributed by atoms with van der Waals surface area (Å²) in [6, 6.07) is 13.5. The monoisotopic (exact) mass is 357 g/mol. The SMILES string of the molecule is COC(=O)c1ccc(C=CCCNC(=O)OCc2ccccc2)c(F)c1. The van der Waals surface area contributed by atoms with Crippen molar-refractivity contribution in [3.05, 3.63) is 77.1 Å². The summed E-state index contributed by atoms with van der Waals surface area (Å²) >= 11 is 0. The number of ether oxygens (including phenoxy) is 2. The Morgan fingerprint density at radius 1 is 1.15 bits per heavy atom. The molecule has 2 aromatic carbocycles. The van der Waals surface area contributed by atoms with Gasteiger partial charge in [-0.3, -0.25) is 0 Å². The summed E-state index contributed by atoms with van der Waals surface area (Å²) in [6.45, 7) is 0.576. The van der Waals surface area contributed by atoms with Gasteiger partial charge in [-0.1, -0.05) is 48.6 Å². The van der Waals surface area contributed by atoms with E-state index in [0.29, 0.717) is 18.5 Å². The summed E-state index contributed by atoms with van der Waals surface area (Å²) in [4.78, 5) is 22.9. The number of carbonyl (C=O) groups is 2. The predicted octanol–water partition coefficient (Wildman–Crippen LogP) is 3.94. The van der Waals surface area contributed by atoms with Gasteiger partial charge in [0.15, 0.2) is 0 Å². The Kier molecular flexibility index (Phi) is 7.36. The van der Waals surface area contributed by atoms with Gasteiger partial charge in [0.25, 0.3) is 0 Å².